The predicted molar refractivity (Wildman–Crippen MR) is 87.2 cm³/mol. The van der Waals surface area contributed by atoms with E-state index < -0.39 is 0 Å². The Kier molecular flexibility index (Phi) is 3.95. The van der Waals surface area contributed by atoms with Gasteiger partial charge in [-0.25, -0.2) is 0 Å². The van der Waals surface area contributed by atoms with Crippen LogP contribution in [0.3, 0.4) is 0 Å². The van der Waals surface area contributed by atoms with E-state index in [1.165, 1.54) is 37.1 Å². The molecular weight excluding hydrogens is 264 g/mol. The molecule has 3 rings (SSSR count). The maximum Gasteiger partial charge on any atom is 0.0338 e. The summed E-state index contributed by atoms with van der Waals surface area (Å²) in [6.07, 6.45) is 5.30. The van der Waals surface area contributed by atoms with E-state index in [-0.39, 0.29) is 0 Å². The van der Waals surface area contributed by atoms with Crippen LogP contribution in [0.2, 0.25) is 0 Å². The van der Waals surface area contributed by atoms with E-state index in [0.29, 0.717) is 11.1 Å². The highest BCUT2D eigenvalue weighted by Gasteiger charge is 2.50. The van der Waals surface area contributed by atoms with Gasteiger partial charge in [0.25, 0.3) is 0 Å². The second-order valence-corrected chi connectivity index (χ2v) is 7.94. The Morgan fingerprint density at radius 2 is 2.10 bits per heavy atom. The summed E-state index contributed by atoms with van der Waals surface area (Å²) in [5.41, 5.74) is 0.684. The Bertz CT molecular complexity index is 434. The smallest absolute Gasteiger partial charge is 0.0338 e. The summed E-state index contributed by atoms with van der Waals surface area (Å²) in [4.78, 5) is 4.31. The molecule has 1 saturated carbocycles. The highest BCUT2D eigenvalue weighted by molar-refractivity contribution is 7.09. The second-order valence-electron chi connectivity index (χ2n) is 6.91. The number of nitrogens with one attached hydrogen (secondary N) is 1. The van der Waals surface area contributed by atoms with E-state index in [9.17, 15) is 0 Å². The van der Waals surface area contributed by atoms with E-state index >= 15 is 0 Å². The van der Waals surface area contributed by atoms with Crippen molar-refractivity contribution >= 4 is 11.3 Å². The third-order valence-electron chi connectivity index (χ3n) is 5.77. The van der Waals surface area contributed by atoms with Crippen molar-refractivity contribution < 1.29 is 0 Å². The lowest BCUT2D eigenvalue weighted by atomic mass is 9.82. The van der Waals surface area contributed by atoms with Crippen LogP contribution in [0.1, 0.15) is 51.3 Å². The van der Waals surface area contributed by atoms with Crippen LogP contribution < -0.4 is 5.32 Å². The SMILES string of the molecule is CCC1(CC)CN(Cc2cccs2)C(C)(C2CC2)CN1. The maximum absolute atomic E-state index is 3.92. The molecule has 2 nitrogen and oxygen atoms in total. The van der Waals surface area contributed by atoms with Crippen molar-refractivity contribution in [2.45, 2.75) is 64.1 Å². The molecule has 3 heteroatoms. The van der Waals surface area contributed by atoms with Crippen LogP contribution in [0.5, 0.6) is 0 Å². The van der Waals surface area contributed by atoms with Gasteiger partial charge in [-0.1, -0.05) is 19.9 Å². The van der Waals surface area contributed by atoms with Gasteiger partial charge in [-0.15, -0.1) is 11.3 Å². The topological polar surface area (TPSA) is 15.3 Å². The third kappa shape index (κ3) is 2.56. The largest absolute Gasteiger partial charge is 0.308 e. The molecule has 0 aromatic carbocycles. The Morgan fingerprint density at radius 3 is 2.65 bits per heavy atom. The Hall–Kier alpha value is -0.380. The highest BCUT2D eigenvalue weighted by atomic mass is 32.1. The van der Waals surface area contributed by atoms with Crippen molar-refractivity contribution in [1.29, 1.82) is 0 Å². The first-order chi connectivity index (χ1) is 9.62. The molecule has 2 fully saturated rings. The minimum atomic E-state index is 0.325. The van der Waals surface area contributed by atoms with Gasteiger partial charge < -0.3 is 5.32 Å². The van der Waals surface area contributed by atoms with Crippen LogP contribution in [-0.2, 0) is 6.54 Å². The van der Waals surface area contributed by atoms with Gasteiger partial charge in [0.2, 0.25) is 0 Å². The molecule has 2 aliphatic rings. The molecule has 2 heterocycles. The standard InChI is InChI=1S/C17H28N2S/c1-4-17(5-2)13-19(11-15-7-6-10-20-15)16(3,12-18-17)14-8-9-14/h6-7,10,14,18H,4-5,8-9,11-13H2,1-3H3. The zero-order chi connectivity index (χ0) is 14.2. The van der Waals surface area contributed by atoms with Gasteiger partial charge in [0, 0.05) is 35.6 Å². The summed E-state index contributed by atoms with van der Waals surface area (Å²) < 4.78 is 0. The Balaban J connectivity index is 1.82. The molecule has 0 spiro atoms. The molecule has 1 aliphatic heterocycles. The van der Waals surface area contributed by atoms with Crippen molar-refractivity contribution in [3.63, 3.8) is 0 Å². The van der Waals surface area contributed by atoms with Gasteiger partial charge in [0.15, 0.2) is 0 Å². The molecule has 112 valence electrons. The minimum absolute atomic E-state index is 0.325. The third-order valence-corrected chi connectivity index (χ3v) is 6.64. The number of hydrogen-bond acceptors (Lipinski definition) is 3. The van der Waals surface area contributed by atoms with Crippen molar-refractivity contribution in [2.24, 2.45) is 5.92 Å². The maximum atomic E-state index is 3.92. The summed E-state index contributed by atoms with van der Waals surface area (Å²) in [5, 5.41) is 6.12. The number of nitrogens with zero attached hydrogens (tertiary/aromatic N) is 1. The number of hydrogen-bond donors (Lipinski definition) is 1. The first-order valence-electron chi connectivity index (χ1n) is 8.14. The van der Waals surface area contributed by atoms with Crippen LogP contribution in [0.25, 0.3) is 0 Å². The molecular formula is C17H28N2S. The van der Waals surface area contributed by atoms with Crippen LogP contribution >= 0.6 is 11.3 Å². The van der Waals surface area contributed by atoms with Gasteiger partial charge in [-0.2, -0.15) is 0 Å². The molecule has 0 radical (unpaired) electrons. The zero-order valence-corrected chi connectivity index (χ0v) is 13.9. The minimum Gasteiger partial charge on any atom is -0.308 e. The molecule has 1 unspecified atom stereocenters. The highest BCUT2D eigenvalue weighted by Crippen LogP contribution is 2.46. The van der Waals surface area contributed by atoms with Gasteiger partial charge in [-0.05, 0) is 50.0 Å². The zero-order valence-electron chi connectivity index (χ0n) is 13.1. The van der Waals surface area contributed by atoms with Gasteiger partial charge >= 0.3 is 0 Å². The Labute approximate surface area is 127 Å². The molecule has 1 aromatic heterocycles. The van der Waals surface area contributed by atoms with E-state index in [1.807, 2.05) is 11.3 Å². The molecule has 1 saturated heterocycles. The van der Waals surface area contributed by atoms with Crippen LogP contribution in [0.4, 0.5) is 0 Å². The van der Waals surface area contributed by atoms with Crippen molar-refractivity contribution in [3.8, 4) is 0 Å². The van der Waals surface area contributed by atoms with Crippen molar-refractivity contribution in [3.05, 3.63) is 22.4 Å². The fourth-order valence-electron chi connectivity index (χ4n) is 3.74. The normalized spacial score (nSPS) is 30.6. The summed E-state index contributed by atoms with van der Waals surface area (Å²) >= 11 is 1.90. The fraction of sp³-hybridized carbons (Fsp3) is 0.765. The molecule has 1 N–H and O–H groups in total. The molecule has 20 heavy (non-hydrogen) atoms. The fourth-order valence-corrected chi connectivity index (χ4v) is 4.46. The van der Waals surface area contributed by atoms with Gasteiger partial charge in [0.1, 0.15) is 0 Å². The van der Waals surface area contributed by atoms with E-state index in [2.05, 4.69) is 48.5 Å². The lowest BCUT2D eigenvalue weighted by Crippen LogP contribution is -2.69. The molecule has 1 atom stereocenters. The monoisotopic (exact) mass is 292 g/mol. The lowest BCUT2D eigenvalue weighted by Gasteiger charge is -2.53. The van der Waals surface area contributed by atoms with Gasteiger partial charge in [-0.3, -0.25) is 4.90 Å². The first-order valence-corrected chi connectivity index (χ1v) is 9.02. The van der Waals surface area contributed by atoms with Gasteiger partial charge in [0.05, 0.1) is 0 Å². The van der Waals surface area contributed by atoms with Crippen molar-refractivity contribution in [1.82, 2.24) is 10.2 Å². The van der Waals surface area contributed by atoms with E-state index in [1.54, 1.807) is 0 Å². The van der Waals surface area contributed by atoms with E-state index in [4.69, 9.17) is 0 Å². The number of piperazine rings is 1. The predicted octanol–water partition coefficient (Wildman–Crippen LogP) is 3.88. The average molecular weight is 292 g/mol. The molecule has 1 aromatic rings. The van der Waals surface area contributed by atoms with Crippen LogP contribution in [0, 0.1) is 5.92 Å². The molecule has 1 aliphatic carbocycles. The van der Waals surface area contributed by atoms with Crippen LogP contribution in [0.15, 0.2) is 17.5 Å². The quantitative estimate of drug-likeness (QED) is 0.886. The molecule has 0 amide bonds. The summed E-state index contributed by atoms with van der Waals surface area (Å²) in [7, 11) is 0. The number of rotatable bonds is 5. The summed E-state index contributed by atoms with van der Waals surface area (Å²) in [6.45, 7) is 10.6. The first kappa shape index (κ1) is 14.6. The van der Waals surface area contributed by atoms with E-state index in [0.717, 1.165) is 19.0 Å². The second kappa shape index (κ2) is 5.43. The lowest BCUT2D eigenvalue weighted by molar-refractivity contribution is -0.00776. The average Bonchev–Trinajstić information content (AvgIpc) is 3.21. The molecule has 0 bridgehead atoms. The van der Waals surface area contributed by atoms with Crippen molar-refractivity contribution in [2.75, 3.05) is 13.1 Å². The number of thiophene rings is 1. The summed E-state index contributed by atoms with van der Waals surface area (Å²) in [6, 6.07) is 4.48. The summed E-state index contributed by atoms with van der Waals surface area (Å²) in [5.74, 6) is 0.904. The van der Waals surface area contributed by atoms with Crippen LogP contribution in [-0.4, -0.2) is 29.1 Å². The Morgan fingerprint density at radius 1 is 1.35 bits per heavy atom.